The first kappa shape index (κ1) is 20.6. The molecule has 0 aliphatic carbocycles. The third kappa shape index (κ3) is 4.30. The highest BCUT2D eigenvalue weighted by Gasteiger charge is 2.24. The van der Waals surface area contributed by atoms with Gasteiger partial charge in [0.15, 0.2) is 6.10 Å². The molecule has 0 spiro atoms. The standard InChI is InChI=1S/C19H15ClN2O6S/c1-10(18(23)21-13-9-11(22(25)26)7-8-14(13)27-2)28-19(24)17-16(20)12-5-3-4-6-15(12)29-17/h3-10H,1-2H3,(H,21,23). The Kier molecular flexibility index (Phi) is 6.00. The minimum Gasteiger partial charge on any atom is -0.495 e. The van der Waals surface area contributed by atoms with Crippen LogP contribution in [0.5, 0.6) is 5.75 Å². The number of nitro benzene ring substituents is 1. The molecule has 3 rings (SSSR count). The number of fused-ring (bicyclic) bond motifs is 1. The summed E-state index contributed by atoms with van der Waals surface area (Å²) in [7, 11) is 1.36. The molecular weight excluding hydrogens is 420 g/mol. The van der Waals surface area contributed by atoms with Crippen molar-refractivity contribution in [2.45, 2.75) is 13.0 Å². The van der Waals surface area contributed by atoms with Crippen molar-refractivity contribution in [3.63, 3.8) is 0 Å². The number of benzene rings is 2. The number of thiophene rings is 1. The third-order valence-electron chi connectivity index (χ3n) is 4.03. The Bertz CT molecular complexity index is 1110. The van der Waals surface area contributed by atoms with Crippen LogP contribution in [0.3, 0.4) is 0 Å². The minimum absolute atomic E-state index is 0.0921. The average molecular weight is 435 g/mol. The molecule has 0 fully saturated rings. The Morgan fingerprint density at radius 3 is 2.62 bits per heavy atom. The summed E-state index contributed by atoms with van der Waals surface area (Å²) in [6, 6.07) is 11.0. The van der Waals surface area contributed by atoms with Crippen molar-refractivity contribution in [3.05, 3.63) is 62.5 Å². The molecule has 0 saturated heterocycles. The molecule has 1 heterocycles. The summed E-state index contributed by atoms with van der Waals surface area (Å²) in [4.78, 5) is 35.5. The van der Waals surface area contributed by atoms with Gasteiger partial charge in [0.05, 0.1) is 22.7 Å². The van der Waals surface area contributed by atoms with Crippen molar-refractivity contribution in [2.75, 3.05) is 12.4 Å². The van der Waals surface area contributed by atoms with Crippen LogP contribution in [-0.4, -0.2) is 30.0 Å². The predicted molar refractivity (Wildman–Crippen MR) is 110 cm³/mol. The van der Waals surface area contributed by atoms with Crippen molar-refractivity contribution in [2.24, 2.45) is 0 Å². The van der Waals surface area contributed by atoms with Crippen molar-refractivity contribution >= 4 is 56.3 Å². The van der Waals surface area contributed by atoms with Crippen molar-refractivity contribution in [1.29, 1.82) is 0 Å². The molecule has 0 aliphatic heterocycles. The summed E-state index contributed by atoms with van der Waals surface area (Å²) in [5.74, 6) is -1.17. The lowest BCUT2D eigenvalue weighted by molar-refractivity contribution is -0.384. The van der Waals surface area contributed by atoms with Crippen LogP contribution in [-0.2, 0) is 9.53 Å². The van der Waals surface area contributed by atoms with Crippen LogP contribution in [0.4, 0.5) is 11.4 Å². The van der Waals surface area contributed by atoms with E-state index in [1.165, 1.54) is 37.5 Å². The smallest absolute Gasteiger partial charge is 0.350 e. The summed E-state index contributed by atoms with van der Waals surface area (Å²) in [5, 5.41) is 14.4. The number of non-ortho nitro benzene ring substituents is 1. The number of rotatable bonds is 6. The molecule has 0 aliphatic rings. The van der Waals surface area contributed by atoms with E-state index in [9.17, 15) is 19.7 Å². The second-order valence-electron chi connectivity index (χ2n) is 5.92. The maximum atomic E-state index is 12.5. The molecule has 150 valence electrons. The van der Waals surface area contributed by atoms with Gasteiger partial charge in [0.2, 0.25) is 0 Å². The fourth-order valence-corrected chi connectivity index (χ4v) is 3.95. The predicted octanol–water partition coefficient (Wildman–Crippen LogP) is 4.66. The third-order valence-corrected chi connectivity index (χ3v) is 5.68. The first-order valence-electron chi connectivity index (χ1n) is 8.33. The first-order valence-corrected chi connectivity index (χ1v) is 9.52. The summed E-state index contributed by atoms with van der Waals surface area (Å²) in [6.07, 6.45) is -1.17. The van der Waals surface area contributed by atoms with Gasteiger partial charge in [0.25, 0.3) is 11.6 Å². The number of halogens is 1. The normalized spacial score (nSPS) is 11.7. The molecule has 1 unspecified atom stereocenters. The summed E-state index contributed by atoms with van der Waals surface area (Å²) in [6.45, 7) is 1.39. The summed E-state index contributed by atoms with van der Waals surface area (Å²) in [5.41, 5.74) is -0.128. The number of hydrogen-bond acceptors (Lipinski definition) is 7. The molecule has 1 aromatic heterocycles. The van der Waals surface area contributed by atoms with Crippen LogP contribution < -0.4 is 10.1 Å². The van der Waals surface area contributed by atoms with Crippen molar-refractivity contribution < 1.29 is 24.0 Å². The molecule has 0 bridgehead atoms. The lowest BCUT2D eigenvalue weighted by Gasteiger charge is -2.15. The molecular formula is C19H15ClN2O6S. The van der Waals surface area contributed by atoms with E-state index in [2.05, 4.69) is 5.32 Å². The highest BCUT2D eigenvalue weighted by molar-refractivity contribution is 7.21. The Morgan fingerprint density at radius 2 is 1.97 bits per heavy atom. The molecule has 29 heavy (non-hydrogen) atoms. The molecule has 2 aromatic carbocycles. The fraction of sp³-hybridized carbons (Fsp3) is 0.158. The zero-order valence-corrected chi connectivity index (χ0v) is 16.9. The number of nitrogens with one attached hydrogen (secondary N) is 1. The van der Waals surface area contributed by atoms with E-state index in [1.807, 2.05) is 12.1 Å². The lowest BCUT2D eigenvalue weighted by Crippen LogP contribution is -2.30. The van der Waals surface area contributed by atoms with E-state index in [0.29, 0.717) is 0 Å². The number of esters is 1. The quantitative estimate of drug-likeness (QED) is 0.343. The molecule has 3 aromatic rings. The van der Waals surface area contributed by atoms with Gasteiger partial charge in [-0.2, -0.15) is 0 Å². The highest BCUT2D eigenvalue weighted by Crippen LogP contribution is 2.36. The van der Waals surface area contributed by atoms with E-state index in [0.717, 1.165) is 16.2 Å². The Hall–Kier alpha value is -3.17. The molecule has 1 atom stereocenters. The zero-order valence-electron chi connectivity index (χ0n) is 15.3. The number of methoxy groups -OCH3 is 1. The van der Waals surface area contributed by atoms with Crippen LogP contribution in [0, 0.1) is 10.1 Å². The number of amides is 1. The number of nitrogens with zero attached hydrogens (tertiary/aromatic N) is 1. The van der Waals surface area contributed by atoms with Crippen LogP contribution in [0.15, 0.2) is 42.5 Å². The van der Waals surface area contributed by atoms with E-state index in [-0.39, 0.29) is 27.0 Å². The number of nitro groups is 1. The zero-order chi connectivity index (χ0) is 21.1. The Balaban J connectivity index is 1.75. The van der Waals surface area contributed by atoms with Crippen LogP contribution in [0.2, 0.25) is 5.02 Å². The van der Waals surface area contributed by atoms with Crippen molar-refractivity contribution in [3.8, 4) is 5.75 Å². The van der Waals surface area contributed by atoms with E-state index >= 15 is 0 Å². The molecule has 8 nitrogen and oxygen atoms in total. The number of carbonyl (C=O) groups is 2. The Morgan fingerprint density at radius 1 is 1.24 bits per heavy atom. The lowest BCUT2D eigenvalue weighted by atomic mass is 10.2. The molecule has 1 N–H and O–H groups in total. The number of ether oxygens (including phenoxy) is 2. The fourth-order valence-electron chi connectivity index (χ4n) is 2.55. The maximum Gasteiger partial charge on any atom is 0.350 e. The first-order chi connectivity index (χ1) is 13.8. The number of hydrogen-bond donors (Lipinski definition) is 1. The Labute approximate surface area is 174 Å². The van der Waals surface area contributed by atoms with Gasteiger partial charge in [-0.15, -0.1) is 11.3 Å². The van der Waals surface area contributed by atoms with E-state index < -0.39 is 22.9 Å². The summed E-state index contributed by atoms with van der Waals surface area (Å²) >= 11 is 7.43. The largest absolute Gasteiger partial charge is 0.495 e. The van der Waals surface area contributed by atoms with Gasteiger partial charge in [0, 0.05) is 22.2 Å². The minimum atomic E-state index is -1.17. The van der Waals surface area contributed by atoms with Crippen molar-refractivity contribution in [1.82, 2.24) is 0 Å². The number of anilines is 1. The highest BCUT2D eigenvalue weighted by atomic mass is 35.5. The molecule has 0 radical (unpaired) electrons. The topological polar surface area (TPSA) is 108 Å². The molecule has 0 saturated carbocycles. The van der Waals surface area contributed by atoms with Crippen LogP contribution >= 0.6 is 22.9 Å². The van der Waals surface area contributed by atoms with Crippen LogP contribution in [0.25, 0.3) is 10.1 Å². The second kappa shape index (κ2) is 8.46. The average Bonchev–Trinajstić information content (AvgIpc) is 3.04. The number of carbonyl (C=O) groups excluding carboxylic acids is 2. The van der Waals surface area contributed by atoms with Gasteiger partial charge >= 0.3 is 5.97 Å². The molecule has 1 amide bonds. The van der Waals surface area contributed by atoms with Gasteiger partial charge in [-0.25, -0.2) is 4.79 Å². The molecule has 10 heteroatoms. The van der Waals surface area contributed by atoms with Gasteiger partial charge in [-0.1, -0.05) is 29.8 Å². The maximum absolute atomic E-state index is 12.5. The monoisotopic (exact) mass is 434 g/mol. The van der Waals surface area contributed by atoms with Gasteiger partial charge in [-0.05, 0) is 19.1 Å². The van der Waals surface area contributed by atoms with Gasteiger partial charge < -0.3 is 14.8 Å². The van der Waals surface area contributed by atoms with Gasteiger partial charge in [0.1, 0.15) is 10.6 Å². The second-order valence-corrected chi connectivity index (χ2v) is 7.35. The SMILES string of the molecule is COc1ccc([N+](=O)[O-])cc1NC(=O)C(C)OC(=O)c1sc2ccccc2c1Cl. The van der Waals surface area contributed by atoms with E-state index in [1.54, 1.807) is 12.1 Å². The summed E-state index contributed by atoms with van der Waals surface area (Å²) < 4.78 is 11.2. The van der Waals surface area contributed by atoms with E-state index in [4.69, 9.17) is 21.1 Å². The van der Waals surface area contributed by atoms with Crippen LogP contribution in [0.1, 0.15) is 16.6 Å². The van der Waals surface area contributed by atoms with Gasteiger partial charge in [-0.3, -0.25) is 14.9 Å².